The first kappa shape index (κ1) is 21.8. The van der Waals surface area contributed by atoms with Gasteiger partial charge >= 0.3 is 0 Å². The van der Waals surface area contributed by atoms with Crippen LogP contribution in [-0.2, 0) is 0 Å². The highest BCUT2D eigenvalue weighted by molar-refractivity contribution is 5.47. The molecule has 0 radical (unpaired) electrons. The molecule has 2 aromatic carbocycles. The zero-order valence-electron chi connectivity index (χ0n) is 19.9. The second kappa shape index (κ2) is 9.44. The SMILES string of the molecule is COc1ccc([C@@H]2CN3CCC[C@@H]3c3cc(OCC4CCN(C(C)C)CC4)ccc32)cc1. The number of ether oxygens (including phenoxy) is 2. The molecule has 0 unspecified atom stereocenters. The summed E-state index contributed by atoms with van der Waals surface area (Å²) in [6.45, 7) is 10.2. The number of likely N-dealkylation sites (tertiary alicyclic amines) is 1. The van der Waals surface area contributed by atoms with Crippen molar-refractivity contribution < 1.29 is 9.47 Å². The highest BCUT2D eigenvalue weighted by Crippen LogP contribution is 2.45. The van der Waals surface area contributed by atoms with Crippen molar-refractivity contribution >= 4 is 0 Å². The van der Waals surface area contributed by atoms with Gasteiger partial charge in [0.05, 0.1) is 13.7 Å². The van der Waals surface area contributed by atoms with Gasteiger partial charge in [0.25, 0.3) is 0 Å². The van der Waals surface area contributed by atoms with E-state index in [-0.39, 0.29) is 0 Å². The molecule has 3 heterocycles. The summed E-state index contributed by atoms with van der Waals surface area (Å²) in [7, 11) is 1.73. The van der Waals surface area contributed by atoms with Gasteiger partial charge in [0.1, 0.15) is 11.5 Å². The second-order valence-electron chi connectivity index (χ2n) is 10.2. The molecule has 0 N–H and O–H groups in total. The summed E-state index contributed by atoms with van der Waals surface area (Å²) in [6.07, 6.45) is 5.05. The van der Waals surface area contributed by atoms with Gasteiger partial charge in [-0.05, 0) is 106 Å². The van der Waals surface area contributed by atoms with E-state index in [1.807, 2.05) is 0 Å². The third-order valence-corrected chi connectivity index (χ3v) is 7.96. The molecule has 0 aliphatic carbocycles. The van der Waals surface area contributed by atoms with Gasteiger partial charge in [-0.2, -0.15) is 0 Å². The molecule has 4 nitrogen and oxygen atoms in total. The maximum absolute atomic E-state index is 6.37. The van der Waals surface area contributed by atoms with Crippen LogP contribution < -0.4 is 9.47 Å². The number of benzene rings is 2. The zero-order chi connectivity index (χ0) is 22.1. The van der Waals surface area contributed by atoms with Crippen molar-refractivity contribution in [3.8, 4) is 11.5 Å². The number of rotatable bonds is 6. The van der Waals surface area contributed by atoms with Crippen LogP contribution in [0.25, 0.3) is 0 Å². The van der Waals surface area contributed by atoms with Gasteiger partial charge in [-0.3, -0.25) is 4.90 Å². The summed E-state index contributed by atoms with van der Waals surface area (Å²) < 4.78 is 11.7. The monoisotopic (exact) mass is 434 g/mol. The molecule has 4 heteroatoms. The van der Waals surface area contributed by atoms with Crippen LogP contribution in [0.4, 0.5) is 0 Å². The fourth-order valence-electron chi connectivity index (χ4n) is 5.95. The summed E-state index contributed by atoms with van der Waals surface area (Å²) in [5, 5.41) is 0. The Balaban J connectivity index is 1.32. The van der Waals surface area contributed by atoms with Crippen molar-refractivity contribution in [2.75, 3.05) is 39.9 Å². The summed E-state index contributed by atoms with van der Waals surface area (Å²) >= 11 is 0. The van der Waals surface area contributed by atoms with Gasteiger partial charge in [-0.15, -0.1) is 0 Å². The minimum Gasteiger partial charge on any atom is -0.497 e. The average molecular weight is 435 g/mol. The lowest BCUT2D eigenvalue weighted by atomic mass is 9.81. The van der Waals surface area contributed by atoms with Gasteiger partial charge in [-0.1, -0.05) is 18.2 Å². The lowest BCUT2D eigenvalue weighted by Gasteiger charge is -2.38. The molecule has 2 atom stereocenters. The van der Waals surface area contributed by atoms with Crippen LogP contribution in [0.2, 0.25) is 0 Å². The highest BCUT2D eigenvalue weighted by Gasteiger charge is 2.36. The quantitative estimate of drug-likeness (QED) is 0.601. The summed E-state index contributed by atoms with van der Waals surface area (Å²) in [6, 6.07) is 16.8. The van der Waals surface area contributed by atoms with Crippen molar-refractivity contribution in [3.05, 3.63) is 59.2 Å². The van der Waals surface area contributed by atoms with Gasteiger partial charge in [0.15, 0.2) is 0 Å². The molecule has 0 bridgehead atoms. The molecule has 32 heavy (non-hydrogen) atoms. The lowest BCUT2D eigenvalue weighted by Crippen LogP contribution is -2.39. The average Bonchev–Trinajstić information content (AvgIpc) is 3.31. The molecule has 0 aromatic heterocycles. The van der Waals surface area contributed by atoms with Crippen LogP contribution in [0.3, 0.4) is 0 Å². The predicted molar refractivity (Wildman–Crippen MR) is 130 cm³/mol. The first-order valence-corrected chi connectivity index (χ1v) is 12.5. The first-order valence-electron chi connectivity index (χ1n) is 12.5. The van der Waals surface area contributed by atoms with Gasteiger partial charge in [0, 0.05) is 24.5 Å². The van der Waals surface area contributed by atoms with Gasteiger partial charge < -0.3 is 14.4 Å². The maximum Gasteiger partial charge on any atom is 0.119 e. The first-order chi connectivity index (χ1) is 15.6. The Bertz CT molecular complexity index is 902. The molecule has 2 aromatic rings. The molecule has 0 amide bonds. The number of fused-ring (bicyclic) bond motifs is 3. The minimum absolute atomic E-state index is 0.416. The van der Waals surface area contributed by atoms with Crippen molar-refractivity contribution in [2.24, 2.45) is 5.92 Å². The van der Waals surface area contributed by atoms with Crippen LogP contribution in [0.15, 0.2) is 42.5 Å². The Hall–Kier alpha value is -2.04. The fourth-order valence-corrected chi connectivity index (χ4v) is 5.95. The molecule has 172 valence electrons. The Labute approximate surface area is 193 Å². The van der Waals surface area contributed by atoms with E-state index in [4.69, 9.17) is 9.47 Å². The van der Waals surface area contributed by atoms with Crippen molar-refractivity contribution in [3.63, 3.8) is 0 Å². The lowest BCUT2D eigenvalue weighted by molar-refractivity contribution is 0.119. The molecule has 0 saturated carbocycles. The number of hydrogen-bond acceptors (Lipinski definition) is 4. The summed E-state index contributed by atoms with van der Waals surface area (Å²) in [5.41, 5.74) is 4.35. The Kier molecular flexibility index (Phi) is 6.43. The Morgan fingerprint density at radius 1 is 0.906 bits per heavy atom. The highest BCUT2D eigenvalue weighted by atomic mass is 16.5. The van der Waals surface area contributed by atoms with Crippen molar-refractivity contribution in [2.45, 2.75) is 57.5 Å². The normalized spacial score (nSPS) is 24.4. The molecule has 3 aliphatic heterocycles. The molecule has 5 rings (SSSR count). The third-order valence-electron chi connectivity index (χ3n) is 7.96. The topological polar surface area (TPSA) is 24.9 Å². The smallest absolute Gasteiger partial charge is 0.119 e. The van der Waals surface area contributed by atoms with Crippen molar-refractivity contribution in [1.82, 2.24) is 9.80 Å². The Morgan fingerprint density at radius 3 is 2.38 bits per heavy atom. The van der Waals surface area contributed by atoms with E-state index in [1.54, 1.807) is 7.11 Å². The molecule has 2 saturated heterocycles. The third kappa shape index (κ3) is 4.40. The standard InChI is InChI=1S/C28H38N2O2/c1-20(2)29-15-12-21(13-16-29)19-32-24-10-11-25-26(17-24)28-5-4-14-30(28)18-27(25)22-6-8-23(31-3)9-7-22/h6-11,17,20-21,27-28H,4-5,12-16,18-19H2,1-3H3/t27-,28+/m0/s1. The van der Waals surface area contributed by atoms with Gasteiger partial charge in [0.2, 0.25) is 0 Å². The number of piperidine rings is 1. The molecular weight excluding hydrogens is 396 g/mol. The molecule has 0 spiro atoms. The zero-order valence-corrected chi connectivity index (χ0v) is 19.9. The van der Waals surface area contributed by atoms with Crippen LogP contribution in [0, 0.1) is 5.92 Å². The van der Waals surface area contributed by atoms with E-state index >= 15 is 0 Å². The summed E-state index contributed by atoms with van der Waals surface area (Å²) in [4.78, 5) is 5.27. The van der Waals surface area contributed by atoms with Crippen LogP contribution in [-0.4, -0.2) is 55.7 Å². The van der Waals surface area contributed by atoms with Crippen LogP contribution in [0.1, 0.15) is 68.2 Å². The van der Waals surface area contributed by atoms with E-state index in [2.05, 4.69) is 66.1 Å². The molecule has 2 fully saturated rings. The van der Waals surface area contributed by atoms with E-state index in [1.165, 1.54) is 62.0 Å². The molecular formula is C28H38N2O2. The number of hydrogen-bond donors (Lipinski definition) is 0. The number of nitrogens with zero attached hydrogens (tertiary/aromatic N) is 2. The maximum atomic E-state index is 6.37. The summed E-state index contributed by atoms with van der Waals surface area (Å²) in [5.74, 6) is 3.07. The minimum atomic E-state index is 0.416. The van der Waals surface area contributed by atoms with Crippen LogP contribution >= 0.6 is 0 Å². The predicted octanol–water partition coefficient (Wildman–Crippen LogP) is 5.48. The van der Waals surface area contributed by atoms with Crippen molar-refractivity contribution in [1.29, 1.82) is 0 Å². The van der Waals surface area contributed by atoms with E-state index in [9.17, 15) is 0 Å². The van der Waals surface area contributed by atoms with Crippen LogP contribution in [0.5, 0.6) is 11.5 Å². The van der Waals surface area contributed by atoms with E-state index in [0.29, 0.717) is 23.9 Å². The fraction of sp³-hybridized carbons (Fsp3) is 0.571. The Morgan fingerprint density at radius 2 is 1.66 bits per heavy atom. The van der Waals surface area contributed by atoms with E-state index < -0.39 is 0 Å². The van der Waals surface area contributed by atoms with E-state index in [0.717, 1.165) is 24.7 Å². The largest absolute Gasteiger partial charge is 0.497 e. The van der Waals surface area contributed by atoms with Gasteiger partial charge in [-0.25, -0.2) is 0 Å². The molecule has 3 aliphatic rings. The number of methoxy groups -OCH3 is 1. The second-order valence-corrected chi connectivity index (χ2v) is 10.2.